The van der Waals surface area contributed by atoms with Gasteiger partial charge in [0.15, 0.2) is 11.5 Å². The molecule has 0 saturated carbocycles. The molecule has 1 aliphatic heterocycles. The van der Waals surface area contributed by atoms with E-state index in [0.717, 1.165) is 33.9 Å². The van der Waals surface area contributed by atoms with E-state index in [1.165, 1.54) is 11.8 Å². The van der Waals surface area contributed by atoms with Gasteiger partial charge in [-0.2, -0.15) is 0 Å². The van der Waals surface area contributed by atoms with Crippen molar-refractivity contribution in [1.29, 1.82) is 0 Å². The Kier molecular flexibility index (Phi) is 6.60. The molecule has 1 amide bonds. The van der Waals surface area contributed by atoms with Crippen molar-refractivity contribution in [2.75, 3.05) is 26.0 Å². The molecule has 4 nitrogen and oxygen atoms in total. The Morgan fingerprint density at radius 1 is 0.900 bits per heavy atom. The number of fused-ring (bicyclic) bond motifs is 1. The van der Waals surface area contributed by atoms with Gasteiger partial charge in [0, 0.05) is 18.4 Å². The van der Waals surface area contributed by atoms with Gasteiger partial charge >= 0.3 is 0 Å². The highest BCUT2D eigenvalue weighted by Crippen LogP contribution is 2.34. The van der Waals surface area contributed by atoms with Gasteiger partial charge in [-0.05, 0) is 29.3 Å². The molecule has 0 spiro atoms. The Morgan fingerprint density at radius 2 is 1.50 bits per heavy atom. The van der Waals surface area contributed by atoms with Crippen molar-refractivity contribution in [2.24, 2.45) is 0 Å². The molecule has 0 bridgehead atoms. The number of thioether (sulfide) groups is 1. The number of carbonyl (C=O) groups excluding carboxylic acids is 1. The summed E-state index contributed by atoms with van der Waals surface area (Å²) in [6.45, 7) is 1.32. The largest absolute Gasteiger partial charge is 0.490 e. The van der Waals surface area contributed by atoms with Crippen LogP contribution in [0, 0.1) is 0 Å². The summed E-state index contributed by atoms with van der Waals surface area (Å²) < 4.78 is 11.5. The number of ether oxygens (including phenoxy) is 2. The molecule has 0 radical (unpaired) electrons. The maximum absolute atomic E-state index is 13.1. The van der Waals surface area contributed by atoms with E-state index in [0.29, 0.717) is 19.0 Å². The van der Waals surface area contributed by atoms with Gasteiger partial charge in [0.2, 0.25) is 5.91 Å². The Bertz CT molecular complexity index is 939. The minimum Gasteiger partial charge on any atom is -0.490 e. The molecule has 0 unspecified atom stereocenters. The smallest absolute Gasteiger partial charge is 0.233 e. The topological polar surface area (TPSA) is 38.8 Å². The van der Waals surface area contributed by atoms with E-state index in [1.54, 1.807) is 0 Å². The molecule has 3 aromatic rings. The number of amides is 1. The average Bonchev–Trinajstić information content (AvgIpc) is 3.04. The molecule has 0 N–H and O–H groups in total. The molecule has 0 fully saturated rings. The van der Waals surface area contributed by atoms with Crippen molar-refractivity contribution in [3.05, 3.63) is 90.0 Å². The van der Waals surface area contributed by atoms with Crippen molar-refractivity contribution in [2.45, 2.75) is 17.4 Å². The van der Waals surface area contributed by atoms with Gasteiger partial charge in [-0.25, -0.2) is 0 Å². The first-order valence-corrected chi connectivity index (χ1v) is 11.1. The van der Waals surface area contributed by atoms with E-state index in [9.17, 15) is 4.79 Å². The molecule has 30 heavy (non-hydrogen) atoms. The van der Waals surface area contributed by atoms with Crippen LogP contribution in [0.15, 0.2) is 83.8 Å². The average molecular weight is 420 g/mol. The van der Waals surface area contributed by atoms with Crippen LogP contribution in [0.5, 0.6) is 11.5 Å². The van der Waals surface area contributed by atoms with E-state index in [1.807, 2.05) is 66.5 Å². The SMILES string of the molecule is CN(C(=O)CSc1ccc2c(c1)OCCCO2)C(c1ccccc1)c1ccccc1. The quantitative estimate of drug-likeness (QED) is 0.516. The third-order valence-corrected chi connectivity index (χ3v) is 6.07. The Hall–Kier alpha value is -2.92. The second kappa shape index (κ2) is 9.72. The maximum atomic E-state index is 13.1. The lowest BCUT2D eigenvalue weighted by Gasteiger charge is -2.29. The molecular weight excluding hydrogens is 394 g/mol. The van der Waals surface area contributed by atoms with E-state index in [4.69, 9.17) is 9.47 Å². The standard InChI is InChI=1S/C25H25NO3S/c1-26(25(19-9-4-2-5-10-19)20-11-6-3-7-12-20)24(27)18-30-21-13-14-22-23(17-21)29-16-8-15-28-22/h2-7,9-14,17,25H,8,15-16,18H2,1H3. The molecule has 0 atom stereocenters. The normalized spacial score (nSPS) is 13.0. The van der Waals surface area contributed by atoms with Crippen molar-refractivity contribution in [3.8, 4) is 11.5 Å². The van der Waals surface area contributed by atoms with Crippen LogP contribution < -0.4 is 9.47 Å². The highest BCUT2D eigenvalue weighted by Gasteiger charge is 2.23. The first-order chi connectivity index (χ1) is 14.7. The fraction of sp³-hybridized carbons (Fsp3) is 0.240. The van der Waals surface area contributed by atoms with Crippen LogP contribution in [0.25, 0.3) is 0 Å². The Balaban J connectivity index is 1.48. The van der Waals surface area contributed by atoms with Gasteiger partial charge in [-0.3, -0.25) is 4.79 Å². The first kappa shape index (κ1) is 20.4. The molecule has 3 aromatic carbocycles. The summed E-state index contributed by atoms with van der Waals surface area (Å²) in [6.07, 6.45) is 0.876. The van der Waals surface area contributed by atoms with Crippen LogP contribution in [0.4, 0.5) is 0 Å². The molecule has 0 saturated heterocycles. The second-order valence-corrected chi connectivity index (χ2v) is 8.22. The van der Waals surface area contributed by atoms with Crippen molar-refractivity contribution < 1.29 is 14.3 Å². The third kappa shape index (κ3) is 4.79. The molecule has 154 valence electrons. The predicted octanol–water partition coefficient (Wildman–Crippen LogP) is 5.19. The number of hydrogen-bond donors (Lipinski definition) is 0. The molecule has 1 aliphatic rings. The van der Waals surface area contributed by atoms with E-state index in [-0.39, 0.29) is 11.9 Å². The van der Waals surface area contributed by atoms with Crippen LogP contribution in [0.3, 0.4) is 0 Å². The first-order valence-electron chi connectivity index (χ1n) is 10.1. The zero-order chi connectivity index (χ0) is 20.8. The lowest BCUT2D eigenvalue weighted by Crippen LogP contribution is -2.33. The van der Waals surface area contributed by atoms with Crippen molar-refractivity contribution in [1.82, 2.24) is 4.90 Å². The molecule has 0 aromatic heterocycles. The summed E-state index contributed by atoms with van der Waals surface area (Å²) in [4.78, 5) is 15.9. The summed E-state index contributed by atoms with van der Waals surface area (Å²) in [7, 11) is 1.88. The highest BCUT2D eigenvalue weighted by atomic mass is 32.2. The van der Waals surface area contributed by atoms with Gasteiger partial charge in [0.1, 0.15) is 0 Å². The predicted molar refractivity (Wildman–Crippen MR) is 120 cm³/mol. The number of benzene rings is 3. The van der Waals surface area contributed by atoms with E-state index in [2.05, 4.69) is 24.3 Å². The van der Waals surface area contributed by atoms with Gasteiger partial charge in [0.25, 0.3) is 0 Å². The molecule has 5 heteroatoms. The summed E-state index contributed by atoms with van der Waals surface area (Å²) in [5.74, 6) is 1.95. The van der Waals surface area contributed by atoms with Gasteiger partial charge in [-0.1, -0.05) is 60.7 Å². The summed E-state index contributed by atoms with van der Waals surface area (Å²) in [6, 6.07) is 26.0. The van der Waals surface area contributed by atoms with Crippen LogP contribution in [-0.4, -0.2) is 36.8 Å². The fourth-order valence-corrected chi connectivity index (χ4v) is 4.38. The minimum atomic E-state index is -0.121. The van der Waals surface area contributed by atoms with E-state index >= 15 is 0 Å². The van der Waals surface area contributed by atoms with Crippen LogP contribution in [0.1, 0.15) is 23.6 Å². The zero-order valence-corrected chi connectivity index (χ0v) is 17.8. The zero-order valence-electron chi connectivity index (χ0n) is 17.0. The lowest BCUT2D eigenvalue weighted by atomic mass is 9.97. The fourth-order valence-electron chi connectivity index (χ4n) is 3.53. The highest BCUT2D eigenvalue weighted by molar-refractivity contribution is 8.00. The number of hydrogen-bond acceptors (Lipinski definition) is 4. The van der Waals surface area contributed by atoms with E-state index < -0.39 is 0 Å². The van der Waals surface area contributed by atoms with Crippen molar-refractivity contribution in [3.63, 3.8) is 0 Å². The summed E-state index contributed by atoms with van der Waals surface area (Å²) in [5.41, 5.74) is 2.19. The second-order valence-electron chi connectivity index (χ2n) is 7.18. The van der Waals surface area contributed by atoms with Crippen molar-refractivity contribution >= 4 is 17.7 Å². The lowest BCUT2D eigenvalue weighted by molar-refractivity contribution is -0.128. The van der Waals surface area contributed by atoms with Crippen LogP contribution in [0.2, 0.25) is 0 Å². The molecule has 4 rings (SSSR count). The summed E-state index contributed by atoms with van der Waals surface area (Å²) in [5, 5.41) is 0. The molecule has 0 aliphatic carbocycles. The maximum Gasteiger partial charge on any atom is 0.233 e. The monoisotopic (exact) mass is 419 g/mol. The number of carbonyl (C=O) groups is 1. The van der Waals surface area contributed by atoms with Crippen LogP contribution >= 0.6 is 11.8 Å². The number of rotatable bonds is 6. The van der Waals surface area contributed by atoms with Gasteiger partial charge < -0.3 is 14.4 Å². The molecule has 1 heterocycles. The third-order valence-electron chi connectivity index (χ3n) is 5.09. The van der Waals surface area contributed by atoms with Gasteiger partial charge in [0.05, 0.1) is 25.0 Å². The minimum absolute atomic E-state index is 0.0739. The number of nitrogens with zero attached hydrogens (tertiary/aromatic N) is 1. The van der Waals surface area contributed by atoms with Crippen LogP contribution in [-0.2, 0) is 4.79 Å². The van der Waals surface area contributed by atoms with Gasteiger partial charge in [-0.15, -0.1) is 11.8 Å². The molecular formula is C25H25NO3S. The summed E-state index contributed by atoms with van der Waals surface area (Å²) >= 11 is 1.52. The Labute approximate surface area is 181 Å². The Morgan fingerprint density at radius 3 is 2.13 bits per heavy atom.